The number of amides is 1. The number of carbonyl (C=O) groups excluding carboxylic acids is 1. The van der Waals surface area contributed by atoms with Gasteiger partial charge in [0.15, 0.2) is 0 Å². The maximum Gasteiger partial charge on any atom is 0.224 e. The van der Waals surface area contributed by atoms with Crippen molar-refractivity contribution in [3.05, 3.63) is 65.3 Å². The first kappa shape index (κ1) is 17.1. The Morgan fingerprint density at radius 1 is 1.20 bits per heavy atom. The average Bonchev–Trinajstić information content (AvgIpc) is 3.12. The van der Waals surface area contributed by atoms with Crippen LogP contribution in [0.15, 0.2) is 54.0 Å². The number of aromatic nitrogens is 2. The highest BCUT2D eigenvalue weighted by Gasteiger charge is 2.07. The average molecular weight is 353 g/mol. The summed E-state index contributed by atoms with van der Waals surface area (Å²) >= 11 is 1.57. The fraction of sp³-hybridized carbons (Fsp3) is 0.211. The van der Waals surface area contributed by atoms with E-state index in [4.69, 9.17) is 4.74 Å². The summed E-state index contributed by atoms with van der Waals surface area (Å²) in [6.07, 6.45) is 2.83. The molecule has 1 N–H and O–H groups in total. The molecule has 0 radical (unpaired) electrons. The molecule has 0 bridgehead atoms. The van der Waals surface area contributed by atoms with Gasteiger partial charge in [0.2, 0.25) is 5.91 Å². The Morgan fingerprint density at radius 2 is 2.04 bits per heavy atom. The SMILES string of the molecule is COc1ccc(CC(=O)NCCc2csc(-c3ccccn3)n2)cc1. The summed E-state index contributed by atoms with van der Waals surface area (Å²) in [7, 11) is 1.62. The number of benzene rings is 1. The van der Waals surface area contributed by atoms with E-state index in [9.17, 15) is 4.79 Å². The number of thiazole rings is 1. The van der Waals surface area contributed by atoms with Gasteiger partial charge in [0.25, 0.3) is 0 Å². The molecule has 0 aliphatic carbocycles. The van der Waals surface area contributed by atoms with Crippen molar-refractivity contribution in [1.82, 2.24) is 15.3 Å². The minimum Gasteiger partial charge on any atom is -0.497 e. The van der Waals surface area contributed by atoms with Crippen molar-refractivity contribution in [3.8, 4) is 16.5 Å². The summed E-state index contributed by atoms with van der Waals surface area (Å²) in [6.45, 7) is 0.570. The minimum absolute atomic E-state index is 0.00495. The number of methoxy groups -OCH3 is 1. The van der Waals surface area contributed by atoms with Gasteiger partial charge in [-0.1, -0.05) is 18.2 Å². The van der Waals surface area contributed by atoms with Crippen LogP contribution in [0.25, 0.3) is 10.7 Å². The summed E-state index contributed by atoms with van der Waals surface area (Å²) in [5.41, 5.74) is 2.81. The van der Waals surface area contributed by atoms with Crippen LogP contribution in [0.3, 0.4) is 0 Å². The fourth-order valence-electron chi connectivity index (χ4n) is 2.35. The van der Waals surface area contributed by atoms with Crippen LogP contribution < -0.4 is 10.1 Å². The molecule has 5 nitrogen and oxygen atoms in total. The third-order valence-corrected chi connectivity index (χ3v) is 4.58. The van der Waals surface area contributed by atoms with E-state index in [2.05, 4.69) is 15.3 Å². The maximum atomic E-state index is 12.0. The quantitative estimate of drug-likeness (QED) is 0.709. The molecule has 0 fully saturated rings. The Labute approximate surface area is 150 Å². The first-order valence-corrected chi connectivity index (χ1v) is 8.88. The van der Waals surface area contributed by atoms with Crippen molar-refractivity contribution in [2.75, 3.05) is 13.7 Å². The van der Waals surface area contributed by atoms with Gasteiger partial charge in [-0.2, -0.15) is 0 Å². The van der Waals surface area contributed by atoms with Crippen molar-refractivity contribution >= 4 is 17.2 Å². The van der Waals surface area contributed by atoms with Gasteiger partial charge >= 0.3 is 0 Å². The predicted octanol–water partition coefficient (Wildman–Crippen LogP) is 3.12. The Bertz CT molecular complexity index is 816. The van der Waals surface area contributed by atoms with E-state index in [0.29, 0.717) is 19.4 Å². The van der Waals surface area contributed by atoms with Gasteiger partial charge in [-0.25, -0.2) is 4.98 Å². The molecule has 0 unspecified atom stereocenters. The van der Waals surface area contributed by atoms with E-state index >= 15 is 0 Å². The topological polar surface area (TPSA) is 64.1 Å². The number of nitrogens with zero attached hydrogens (tertiary/aromatic N) is 2. The molecular weight excluding hydrogens is 334 g/mol. The Morgan fingerprint density at radius 3 is 2.76 bits per heavy atom. The van der Waals surface area contributed by atoms with Crippen LogP contribution in [0, 0.1) is 0 Å². The van der Waals surface area contributed by atoms with Crippen LogP contribution >= 0.6 is 11.3 Å². The summed E-state index contributed by atoms with van der Waals surface area (Å²) < 4.78 is 5.11. The zero-order valence-electron chi connectivity index (χ0n) is 13.9. The second-order valence-corrected chi connectivity index (χ2v) is 6.34. The van der Waals surface area contributed by atoms with Gasteiger partial charge in [0, 0.05) is 24.5 Å². The second-order valence-electron chi connectivity index (χ2n) is 5.48. The Kier molecular flexibility index (Phi) is 5.74. The summed E-state index contributed by atoms with van der Waals surface area (Å²) in [5, 5.41) is 5.85. The molecule has 0 spiro atoms. The van der Waals surface area contributed by atoms with Crippen molar-refractivity contribution in [3.63, 3.8) is 0 Å². The van der Waals surface area contributed by atoms with Crippen LogP contribution in [-0.2, 0) is 17.6 Å². The smallest absolute Gasteiger partial charge is 0.224 e. The van der Waals surface area contributed by atoms with Crippen LogP contribution in [0.4, 0.5) is 0 Å². The van der Waals surface area contributed by atoms with E-state index in [1.165, 1.54) is 0 Å². The van der Waals surface area contributed by atoms with Crippen molar-refractivity contribution < 1.29 is 9.53 Å². The number of carbonyl (C=O) groups is 1. The van der Waals surface area contributed by atoms with E-state index < -0.39 is 0 Å². The monoisotopic (exact) mass is 353 g/mol. The number of rotatable bonds is 7. The lowest BCUT2D eigenvalue weighted by molar-refractivity contribution is -0.120. The van der Waals surface area contributed by atoms with Crippen molar-refractivity contribution in [2.24, 2.45) is 0 Å². The lowest BCUT2D eigenvalue weighted by Gasteiger charge is -2.05. The van der Waals surface area contributed by atoms with Crippen LogP contribution in [0.5, 0.6) is 5.75 Å². The predicted molar refractivity (Wildman–Crippen MR) is 98.8 cm³/mol. The summed E-state index contributed by atoms with van der Waals surface area (Å²) in [5.74, 6) is 0.793. The van der Waals surface area contributed by atoms with Gasteiger partial charge in [0.05, 0.1) is 24.9 Å². The van der Waals surface area contributed by atoms with E-state index in [-0.39, 0.29) is 5.91 Å². The fourth-order valence-corrected chi connectivity index (χ4v) is 3.18. The number of hydrogen-bond donors (Lipinski definition) is 1. The molecule has 0 saturated carbocycles. The lowest BCUT2D eigenvalue weighted by atomic mass is 10.1. The van der Waals surface area contributed by atoms with Gasteiger partial charge in [-0.15, -0.1) is 11.3 Å². The van der Waals surface area contributed by atoms with E-state index in [1.807, 2.05) is 47.8 Å². The molecule has 2 heterocycles. The molecule has 0 atom stereocenters. The van der Waals surface area contributed by atoms with Crippen molar-refractivity contribution in [2.45, 2.75) is 12.8 Å². The minimum atomic E-state index is 0.00495. The third-order valence-electron chi connectivity index (χ3n) is 3.66. The number of hydrogen-bond acceptors (Lipinski definition) is 5. The Hall–Kier alpha value is -2.73. The number of ether oxygens (including phenoxy) is 1. The molecule has 1 aromatic carbocycles. The van der Waals surface area contributed by atoms with Gasteiger partial charge in [-0.3, -0.25) is 9.78 Å². The highest BCUT2D eigenvalue weighted by molar-refractivity contribution is 7.13. The Balaban J connectivity index is 1.46. The van der Waals surface area contributed by atoms with Gasteiger partial charge in [-0.05, 0) is 29.8 Å². The molecule has 25 heavy (non-hydrogen) atoms. The van der Waals surface area contributed by atoms with Crippen LogP contribution in [-0.4, -0.2) is 29.5 Å². The molecule has 2 aromatic heterocycles. The molecule has 3 aromatic rings. The van der Waals surface area contributed by atoms with E-state index in [1.54, 1.807) is 24.6 Å². The first-order valence-electron chi connectivity index (χ1n) is 8.00. The molecule has 0 aliphatic rings. The van der Waals surface area contributed by atoms with Crippen LogP contribution in [0.2, 0.25) is 0 Å². The normalized spacial score (nSPS) is 10.4. The van der Waals surface area contributed by atoms with E-state index in [0.717, 1.165) is 27.7 Å². The molecule has 1 amide bonds. The maximum absolute atomic E-state index is 12.0. The third kappa shape index (κ3) is 4.87. The molecule has 3 rings (SSSR count). The molecule has 128 valence electrons. The molecule has 0 aliphatic heterocycles. The number of pyridine rings is 1. The molecular formula is C19H19N3O2S. The first-order chi connectivity index (χ1) is 12.2. The van der Waals surface area contributed by atoms with Gasteiger partial charge in [0.1, 0.15) is 10.8 Å². The lowest BCUT2D eigenvalue weighted by Crippen LogP contribution is -2.27. The molecule has 6 heteroatoms. The zero-order chi connectivity index (χ0) is 17.5. The van der Waals surface area contributed by atoms with Gasteiger partial charge < -0.3 is 10.1 Å². The zero-order valence-corrected chi connectivity index (χ0v) is 14.8. The largest absolute Gasteiger partial charge is 0.497 e. The van der Waals surface area contributed by atoms with Crippen LogP contribution in [0.1, 0.15) is 11.3 Å². The summed E-state index contributed by atoms with van der Waals surface area (Å²) in [6, 6.07) is 13.3. The van der Waals surface area contributed by atoms with Crippen molar-refractivity contribution in [1.29, 1.82) is 0 Å². The molecule has 0 saturated heterocycles. The highest BCUT2D eigenvalue weighted by Crippen LogP contribution is 2.21. The highest BCUT2D eigenvalue weighted by atomic mass is 32.1. The number of nitrogens with one attached hydrogen (secondary N) is 1. The summed E-state index contributed by atoms with van der Waals surface area (Å²) in [4.78, 5) is 20.9. The second kappa shape index (κ2) is 8.39. The standard InChI is InChI=1S/C19H19N3O2S/c1-24-16-7-5-14(6-8-16)12-18(23)21-11-9-15-13-25-19(22-15)17-4-2-3-10-20-17/h2-8,10,13H,9,11-12H2,1H3,(H,21,23).